The van der Waals surface area contributed by atoms with Crippen LogP contribution in [0.5, 0.6) is 23.0 Å². The van der Waals surface area contributed by atoms with Crippen molar-refractivity contribution < 1.29 is 9.47 Å². The van der Waals surface area contributed by atoms with Gasteiger partial charge in [-0.15, -0.1) is 0 Å². The number of anilines is 3. The van der Waals surface area contributed by atoms with Gasteiger partial charge in [-0.2, -0.15) is 0 Å². The number of nitrogens with zero attached hydrogens (tertiary/aromatic N) is 1. The molecule has 12 aromatic rings. The molecule has 0 bridgehead atoms. The van der Waals surface area contributed by atoms with E-state index < -0.39 is 10.8 Å². The lowest BCUT2D eigenvalue weighted by Crippen LogP contribution is -2.25. The van der Waals surface area contributed by atoms with Gasteiger partial charge < -0.3 is 14.4 Å². The van der Waals surface area contributed by atoms with Crippen molar-refractivity contribution in [3.8, 4) is 89.8 Å². The molecule has 77 heavy (non-hydrogen) atoms. The van der Waals surface area contributed by atoms with Crippen molar-refractivity contribution in [2.45, 2.75) is 10.8 Å². The van der Waals surface area contributed by atoms with E-state index in [4.69, 9.17) is 9.47 Å². The zero-order valence-corrected chi connectivity index (χ0v) is 41.7. The summed E-state index contributed by atoms with van der Waals surface area (Å²) in [6.07, 6.45) is 0. The van der Waals surface area contributed by atoms with Crippen LogP contribution in [0.3, 0.4) is 0 Å². The van der Waals surface area contributed by atoms with Gasteiger partial charge >= 0.3 is 0 Å². The van der Waals surface area contributed by atoms with Crippen LogP contribution < -0.4 is 14.4 Å². The molecule has 0 amide bonds. The largest absolute Gasteiger partial charge is 0.449 e. The molecular formula is C74H45NO2. The SMILES string of the molecule is c1ccc(-c2cccc(N(c3ccc(-c4ccc5c(c4)C4(c6ccccc6-c6ccccc64)c4ccccc4-5)cc3)c3cccc4c3Oc3c(ccc5c3-c3ccccc3C53c5ccccc5-c5ccccc53)O4)c2)cc1. The number of fused-ring (bicyclic) bond motifs is 23. The van der Waals surface area contributed by atoms with Crippen LogP contribution in [0.4, 0.5) is 17.1 Å². The van der Waals surface area contributed by atoms with Gasteiger partial charge in [0.1, 0.15) is 0 Å². The van der Waals surface area contributed by atoms with E-state index in [-0.39, 0.29) is 0 Å². The molecule has 12 aromatic carbocycles. The Hall–Kier alpha value is -9.96. The smallest absolute Gasteiger partial charge is 0.194 e. The second kappa shape index (κ2) is 15.8. The Labute approximate surface area is 447 Å². The third-order valence-electron chi connectivity index (χ3n) is 17.4. The Morgan fingerprint density at radius 2 is 0.688 bits per heavy atom. The van der Waals surface area contributed by atoms with Crippen molar-refractivity contribution in [2.75, 3.05) is 4.90 Å². The molecule has 2 spiro atoms. The third kappa shape index (κ3) is 5.59. The van der Waals surface area contributed by atoms with Gasteiger partial charge in [-0.05, 0) is 154 Å². The minimum Gasteiger partial charge on any atom is -0.449 e. The van der Waals surface area contributed by atoms with E-state index in [1.165, 1.54) is 83.5 Å². The molecule has 0 aromatic heterocycles. The summed E-state index contributed by atoms with van der Waals surface area (Å²) in [5.74, 6) is 2.75. The van der Waals surface area contributed by atoms with Crippen molar-refractivity contribution in [1.29, 1.82) is 0 Å². The van der Waals surface area contributed by atoms with Crippen LogP contribution in [0.15, 0.2) is 273 Å². The number of benzene rings is 12. The first kappa shape index (κ1) is 42.4. The van der Waals surface area contributed by atoms with E-state index >= 15 is 0 Å². The molecule has 0 atom stereocenters. The Kier molecular flexibility index (Phi) is 8.69. The highest BCUT2D eigenvalue weighted by molar-refractivity contribution is 5.99. The summed E-state index contributed by atoms with van der Waals surface area (Å²) in [5, 5.41) is 0. The van der Waals surface area contributed by atoms with E-state index in [2.05, 4.69) is 272 Å². The molecule has 1 heterocycles. The van der Waals surface area contributed by atoms with Crippen molar-refractivity contribution >= 4 is 17.1 Å². The molecule has 0 unspecified atom stereocenters. The average molecular weight is 980 g/mol. The van der Waals surface area contributed by atoms with Crippen molar-refractivity contribution in [1.82, 2.24) is 0 Å². The van der Waals surface area contributed by atoms with Crippen LogP contribution in [-0.4, -0.2) is 0 Å². The van der Waals surface area contributed by atoms with Gasteiger partial charge in [-0.25, -0.2) is 0 Å². The van der Waals surface area contributed by atoms with E-state index in [0.717, 1.165) is 50.6 Å². The van der Waals surface area contributed by atoms with E-state index in [0.29, 0.717) is 17.2 Å². The first-order valence-corrected chi connectivity index (χ1v) is 26.6. The van der Waals surface area contributed by atoms with Crippen LogP contribution in [0, 0.1) is 0 Å². The summed E-state index contributed by atoms with van der Waals surface area (Å²) in [5.41, 5.74) is 26.9. The number of rotatable bonds is 5. The molecular weight excluding hydrogens is 935 g/mol. The maximum absolute atomic E-state index is 7.52. The topological polar surface area (TPSA) is 21.7 Å². The molecule has 5 aliphatic rings. The molecule has 1 aliphatic heterocycles. The highest BCUT2D eigenvalue weighted by Crippen LogP contribution is 2.68. The van der Waals surface area contributed by atoms with Gasteiger partial charge in [-0.3, -0.25) is 0 Å². The molecule has 0 saturated heterocycles. The number of ether oxygens (including phenoxy) is 2. The summed E-state index contributed by atoms with van der Waals surface area (Å²) < 4.78 is 14.5. The fourth-order valence-electron chi connectivity index (χ4n) is 14.4. The average Bonchev–Trinajstić information content (AvgIpc) is 3.94. The van der Waals surface area contributed by atoms with Gasteiger partial charge in [0.25, 0.3) is 0 Å². The summed E-state index contributed by atoms with van der Waals surface area (Å²) in [6.45, 7) is 0. The van der Waals surface area contributed by atoms with Crippen LogP contribution in [0.25, 0.3) is 66.8 Å². The maximum Gasteiger partial charge on any atom is 0.194 e. The minimum atomic E-state index is -0.515. The number of hydrogen-bond donors (Lipinski definition) is 0. The molecule has 3 heteroatoms. The van der Waals surface area contributed by atoms with Gasteiger partial charge in [0.2, 0.25) is 0 Å². The Morgan fingerprint density at radius 3 is 1.29 bits per heavy atom. The fraction of sp³-hybridized carbons (Fsp3) is 0.0270. The standard InChI is InChI=1S/C74H45NO2/c1-2-18-46(19-3-1)48-20-16-21-51(44-48)75(50-39-36-47(37-40-50)49-38-41-57-56-26-8-14-32-63(56)74(66(57)45-49)61-30-12-6-24-54(61)55-25-7-13-31-62(55)74)67-34-17-35-68-71(67)77-72-69(76-68)43-42-65-70(72)58-27-9-15-33-64(58)73(65)59-28-10-4-22-52(59)53-23-5-11-29-60(53)73/h1-45H. The summed E-state index contributed by atoms with van der Waals surface area (Å²) >= 11 is 0. The Balaban J connectivity index is 0.819. The maximum atomic E-state index is 7.52. The first-order chi connectivity index (χ1) is 38.2. The highest BCUT2D eigenvalue weighted by atomic mass is 16.6. The fourth-order valence-corrected chi connectivity index (χ4v) is 14.4. The zero-order valence-electron chi connectivity index (χ0n) is 41.7. The highest BCUT2D eigenvalue weighted by Gasteiger charge is 2.54. The summed E-state index contributed by atoms with van der Waals surface area (Å²) in [6, 6.07) is 100. The summed E-state index contributed by atoms with van der Waals surface area (Å²) in [4.78, 5) is 2.33. The molecule has 3 nitrogen and oxygen atoms in total. The van der Waals surface area contributed by atoms with Gasteiger partial charge in [0, 0.05) is 16.9 Å². The predicted molar refractivity (Wildman–Crippen MR) is 311 cm³/mol. The molecule has 17 rings (SSSR count). The van der Waals surface area contributed by atoms with Crippen molar-refractivity contribution in [3.63, 3.8) is 0 Å². The lowest BCUT2D eigenvalue weighted by Gasteiger charge is -2.32. The summed E-state index contributed by atoms with van der Waals surface area (Å²) in [7, 11) is 0. The van der Waals surface area contributed by atoms with Gasteiger partial charge in [-0.1, -0.05) is 224 Å². The third-order valence-corrected chi connectivity index (χ3v) is 17.4. The number of para-hydroxylation sites is 1. The molecule has 0 fully saturated rings. The quantitative estimate of drug-likeness (QED) is 0.172. The second-order valence-corrected chi connectivity index (χ2v) is 21.0. The molecule has 0 N–H and O–H groups in total. The normalized spacial score (nSPS) is 14.1. The van der Waals surface area contributed by atoms with E-state index in [1.807, 2.05) is 6.07 Å². The lowest BCUT2D eigenvalue weighted by atomic mass is 9.70. The minimum absolute atomic E-state index is 0.419. The van der Waals surface area contributed by atoms with Crippen LogP contribution in [0.1, 0.15) is 44.5 Å². The van der Waals surface area contributed by atoms with Crippen molar-refractivity contribution in [2.24, 2.45) is 0 Å². The van der Waals surface area contributed by atoms with E-state index in [9.17, 15) is 0 Å². The Morgan fingerprint density at radius 1 is 0.247 bits per heavy atom. The van der Waals surface area contributed by atoms with Crippen LogP contribution in [0.2, 0.25) is 0 Å². The van der Waals surface area contributed by atoms with Crippen LogP contribution >= 0.6 is 0 Å². The zero-order chi connectivity index (χ0) is 50.4. The van der Waals surface area contributed by atoms with E-state index in [1.54, 1.807) is 0 Å². The van der Waals surface area contributed by atoms with Crippen molar-refractivity contribution in [3.05, 3.63) is 317 Å². The number of hydrogen-bond acceptors (Lipinski definition) is 3. The van der Waals surface area contributed by atoms with Gasteiger partial charge in [0.15, 0.2) is 23.0 Å². The molecule has 4 aliphatic carbocycles. The predicted octanol–water partition coefficient (Wildman–Crippen LogP) is 19.1. The Bertz CT molecular complexity index is 4360. The lowest BCUT2D eigenvalue weighted by molar-refractivity contribution is 0.361. The van der Waals surface area contributed by atoms with Gasteiger partial charge in [0.05, 0.1) is 16.5 Å². The molecule has 0 radical (unpaired) electrons. The van der Waals surface area contributed by atoms with Crippen LogP contribution in [-0.2, 0) is 10.8 Å². The first-order valence-electron chi connectivity index (χ1n) is 26.6. The molecule has 358 valence electrons. The molecule has 0 saturated carbocycles. The monoisotopic (exact) mass is 979 g/mol. The second-order valence-electron chi connectivity index (χ2n) is 21.0.